The Hall–Kier alpha value is -3.50. The molecule has 10 heteroatoms. The zero-order valence-electron chi connectivity index (χ0n) is 16.4. The highest BCUT2D eigenvalue weighted by molar-refractivity contribution is 7.99. The number of aromatic nitrogens is 3. The Balaban J connectivity index is 1.38. The fourth-order valence-electron chi connectivity index (χ4n) is 2.93. The van der Waals surface area contributed by atoms with Crippen LogP contribution >= 0.6 is 23.1 Å². The van der Waals surface area contributed by atoms with Crippen molar-refractivity contribution in [1.82, 2.24) is 14.5 Å². The third kappa shape index (κ3) is 4.81. The van der Waals surface area contributed by atoms with E-state index in [1.807, 2.05) is 41.9 Å². The number of nitro groups is 1. The van der Waals surface area contributed by atoms with Gasteiger partial charge in [-0.2, -0.15) is 0 Å². The van der Waals surface area contributed by atoms with Crippen molar-refractivity contribution in [2.45, 2.75) is 5.16 Å². The molecular weight excluding hydrogens is 434 g/mol. The van der Waals surface area contributed by atoms with Crippen LogP contribution in [-0.4, -0.2) is 31.1 Å². The van der Waals surface area contributed by atoms with Crippen LogP contribution in [0.4, 0.5) is 10.8 Å². The number of carbonyl (C=O) groups is 1. The molecule has 2 aromatic heterocycles. The minimum absolute atomic E-state index is 0.00238. The van der Waals surface area contributed by atoms with Crippen LogP contribution in [0.25, 0.3) is 22.5 Å². The average Bonchev–Trinajstić information content (AvgIpc) is 3.39. The lowest BCUT2D eigenvalue weighted by Gasteiger charge is -2.06. The van der Waals surface area contributed by atoms with Gasteiger partial charge in [0.2, 0.25) is 5.91 Å². The first kappa shape index (κ1) is 20.8. The number of thioether (sulfide) groups is 1. The first-order valence-electron chi connectivity index (χ1n) is 9.21. The smallest absolute Gasteiger partial charge is 0.270 e. The van der Waals surface area contributed by atoms with Gasteiger partial charge in [-0.15, -0.1) is 11.3 Å². The van der Waals surface area contributed by atoms with Gasteiger partial charge in [-0.05, 0) is 5.56 Å². The lowest BCUT2D eigenvalue weighted by molar-refractivity contribution is -0.384. The van der Waals surface area contributed by atoms with E-state index in [-0.39, 0.29) is 17.3 Å². The van der Waals surface area contributed by atoms with Gasteiger partial charge in [0.25, 0.3) is 5.69 Å². The molecule has 0 aliphatic carbocycles. The van der Waals surface area contributed by atoms with E-state index in [1.54, 1.807) is 23.7 Å². The molecule has 31 heavy (non-hydrogen) atoms. The molecule has 0 fully saturated rings. The van der Waals surface area contributed by atoms with Crippen LogP contribution in [0.1, 0.15) is 0 Å². The van der Waals surface area contributed by atoms with Crippen molar-refractivity contribution >= 4 is 39.8 Å². The number of benzene rings is 2. The molecule has 1 amide bonds. The molecule has 0 aliphatic heterocycles. The molecule has 2 aromatic carbocycles. The van der Waals surface area contributed by atoms with Crippen LogP contribution in [0.15, 0.2) is 71.3 Å². The minimum atomic E-state index is -0.448. The summed E-state index contributed by atoms with van der Waals surface area (Å²) in [6.07, 6.45) is 1.79. The van der Waals surface area contributed by atoms with Crippen molar-refractivity contribution in [2.75, 3.05) is 11.1 Å². The van der Waals surface area contributed by atoms with E-state index in [2.05, 4.69) is 15.3 Å². The Bertz CT molecular complexity index is 1240. The average molecular weight is 452 g/mol. The van der Waals surface area contributed by atoms with E-state index in [4.69, 9.17) is 0 Å². The monoisotopic (exact) mass is 451 g/mol. The third-order valence-corrected chi connectivity index (χ3v) is 6.25. The number of hydrogen-bond acceptors (Lipinski definition) is 7. The Kier molecular flexibility index (Phi) is 6.10. The molecule has 0 spiro atoms. The first-order valence-corrected chi connectivity index (χ1v) is 11.1. The van der Waals surface area contributed by atoms with E-state index in [0.29, 0.717) is 16.4 Å². The molecule has 1 N–H and O–H groups in total. The Morgan fingerprint density at radius 3 is 2.74 bits per heavy atom. The highest BCUT2D eigenvalue weighted by Crippen LogP contribution is 2.28. The van der Waals surface area contributed by atoms with Crippen LogP contribution in [0, 0.1) is 10.1 Å². The minimum Gasteiger partial charge on any atom is -0.322 e. The Morgan fingerprint density at radius 1 is 1.19 bits per heavy atom. The number of imidazole rings is 1. The summed E-state index contributed by atoms with van der Waals surface area (Å²) in [5.41, 5.74) is 3.24. The number of carbonyl (C=O) groups excluding carboxylic acids is 1. The summed E-state index contributed by atoms with van der Waals surface area (Å²) in [7, 11) is 1.92. The number of thiazole rings is 1. The number of hydrogen-bond donors (Lipinski definition) is 1. The zero-order valence-corrected chi connectivity index (χ0v) is 18.0. The highest BCUT2D eigenvalue weighted by Gasteiger charge is 2.14. The van der Waals surface area contributed by atoms with Crippen LogP contribution in [0.5, 0.6) is 0 Å². The molecule has 0 saturated carbocycles. The molecule has 2 heterocycles. The topological polar surface area (TPSA) is 103 Å². The predicted octanol–water partition coefficient (Wildman–Crippen LogP) is 4.85. The quantitative estimate of drug-likeness (QED) is 0.245. The van der Waals surface area contributed by atoms with E-state index < -0.39 is 4.92 Å². The summed E-state index contributed by atoms with van der Waals surface area (Å²) in [5, 5.41) is 16.7. The number of nitro benzene ring substituents is 1. The van der Waals surface area contributed by atoms with Gasteiger partial charge >= 0.3 is 0 Å². The molecule has 0 atom stereocenters. The summed E-state index contributed by atoms with van der Waals surface area (Å²) in [5.74, 6) is -0.0145. The van der Waals surface area contributed by atoms with Crippen molar-refractivity contribution in [3.8, 4) is 22.5 Å². The fourth-order valence-corrected chi connectivity index (χ4v) is 4.42. The van der Waals surface area contributed by atoms with Crippen LogP contribution < -0.4 is 5.32 Å². The lowest BCUT2D eigenvalue weighted by atomic mass is 10.1. The zero-order chi connectivity index (χ0) is 21.8. The van der Waals surface area contributed by atoms with Gasteiger partial charge in [0, 0.05) is 30.1 Å². The van der Waals surface area contributed by atoms with Crippen molar-refractivity contribution in [2.24, 2.45) is 7.05 Å². The second-order valence-corrected chi connectivity index (χ2v) is 8.33. The Labute approximate surface area is 186 Å². The molecule has 0 unspecified atom stereocenters. The maximum Gasteiger partial charge on any atom is 0.270 e. The van der Waals surface area contributed by atoms with E-state index in [9.17, 15) is 14.9 Å². The van der Waals surface area contributed by atoms with Crippen molar-refractivity contribution < 1.29 is 9.72 Å². The van der Waals surface area contributed by atoms with Crippen molar-refractivity contribution in [1.29, 1.82) is 0 Å². The molecular formula is C21H17N5O3S2. The van der Waals surface area contributed by atoms with Crippen LogP contribution in [0.2, 0.25) is 0 Å². The number of amides is 1. The maximum atomic E-state index is 12.4. The number of nitrogens with one attached hydrogen (secondary N) is 1. The lowest BCUT2D eigenvalue weighted by Crippen LogP contribution is -2.14. The molecule has 0 saturated heterocycles. The number of non-ortho nitro benzene ring substituents is 1. The largest absolute Gasteiger partial charge is 0.322 e. The van der Waals surface area contributed by atoms with Gasteiger partial charge in [0.05, 0.1) is 28.3 Å². The summed E-state index contributed by atoms with van der Waals surface area (Å²) >= 11 is 2.61. The third-order valence-electron chi connectivity index (χ3n) is 4.45. The van der Waals surface area contributed by atoms with Gasteiger partial charge in [-0.3, -0.25) is 14.9 Å². The van der Waals surface area contributed by atoms with Gasteiger partial charge in [-0.25, -0.2) is 9.97 Å². The van der Waals surface area contributed by atoms with Gasteiger partial charge < -0.3 is 9.88 Å². The molecule has 4 rings (SSSR count). The van der Waals surface area contributed by atoms with Gasteiger partial charge in [0.15, 0.2) is 10.3 Å². The van der Waals surface area contributed by atoms with Crippen LogP contribution in [-0.2, 0) is 11.8 Å². The van der Waals surface area contributed by atoms with E-state index in [0.717, 1.165) is 16.4 Å². The van der Waals surface area contributed by atoms with Gasteiger partial charge in [0.1, 0.15) is 0 Å². The molecule has 156 valence electrons. The fraction of sp³-hybridized carbons (Fsp3) is 0.0952. The molecule has 0 aliphatic rings. The summed E-state index contributed by atoms with van der Waals surface area (Å²) < 4.78 is 1.96. The Morgan fingerprint density at radius 2 is 1.97 bits per heavy atom. The van der Waals surface area contributed by atoms with Gasteiger partial charge in [-0.1, -0.05) is 54.2 Å². The second-order valence-electron chi connectivity index (χ2n) is 6.53. The van der Waals surface area contributed by atoms with E-state index >= 15 is 0 Å². The molecule has 8 nitrogen and oxygen atoms in total. The van der Waals surface area contributed by atoms with Crippen molar-refractivity contribution in [3.05, 3.63) is 76.3 Å². The number of nitrogens with zero attached hydrogens (tertiary/aromatic N) is 4. The number of anilines is 1. The molecule has 0 bridgehead atoms. The van der Waals surface area contributed by atoms with Crippen LogP contribution in [0.3, 0.4) is 0 Å². The summed E-state index contributed by atoms with van der Waals surface area (Å²) in [4.78, 5) is 31.7. The normalized spacial score (nSPS) is 10.7. The second kappa shape index (κ2) is 9.11. The number of rotatable bonds is 7. The SMILES string of the molecule is Cn1c(-c2ccccc2)cnc1SCC(=O)Nc1nc(-c2cccc([N+](=O)[O-])c2)cs1. The van der Waals surface area contributed by atoms with Crippen molar-refractivity contribution in [3.63, 3.8) is 0 Å². The maximum absolute atomic E-state index is 12.4. The highest BCUT2D eigenvalue weighted by atomic mass is 32.2. The summed E-state index contributed by atoms with van der Waals surface area (Å²) in [6, 6.07) is 16.2. The molecule has 4 aromatic rings. The standard InChI is InChI=1S/C21H17N5O3S2/c1-25-18(14-6-3-2-4-7-14)11-22-21(25)31-13-19(27)24-20-23-17(12-30-20)15-8-5-9-16(10-15)26(28)29/h2-12H,13H2,1H3,(H,23,24,27). The first-order chi connectivity index (χ1) is 15.0. The predicted molar refractivity (Wildman–Crippen MR) is 122 cm³/mol. The summed E-state index contributed by atoms with van der Waals surface area (Å²) in [6.45, 7) is 0. The molecule has 0 radical (unpaired) electrons. The van der Waals surface area contributed by atoms with E-state index in [1.165, 1.54) is 35.2 Å².